The SMILES string of the molecule is NC(=O)NCCC[C@@H]1NC(=O)[C@H](CC(=O)O)NC(=O)C23CC4C[C@H](CC(C4)(C2)NC(=O)[C@H](CCCNC(N)=O)NC(=O)[C@H](CCCNC(N)=O)NC(=O)C24CC5C[C@H](CC(C5)(C2)NC1=O)C4)C3. The monoisotopic (exact) mass is 941 g/mol. The van der Waals surface area contributed by atoms with Crippen LogP contribution in [0.2, 0.25) is 0 Å². The van der Waals surface area contributed by atoms with E-state index in [9.17, 15) is 53.1 Å². The van der Waals surface area contributed by atoms with Gasteiger partial charge >= 0.3 is 24.1 Å². The van der Waals surface area contributed by atoms with Gasteiger partial charge in [-0.15, -0.1) is 0 Å². The molecule has 1 heterocycles. The molecule has 12 amide bonds. The maximum Gasteiger partial charge on any atom is 0.312 e. The Morgan fingerprint density at radius 1 is 0.493 bits per heavy atom. The summed E-state index contributed by atoms with van der Waals surface area (Å²) in [4.78, 5) is 134. The number of nitrogens with one attached hydrogen (secondary N) is 9. The summed E-state index contributed by atoms with van der Waals surface area (Å²) in [5.74, 6) is -4.77. The van der Waals surface area contributed by atoms with Crippen molar-refractivity contribution in [3.8, 4) is 0 Å². The third-order valence-electron chi connectivity index (χ3n) is 15.7. The van der Waals surface area contributed by atoms with Crippen molar-refractivity contribution in [1.82, 2.24) is 47.9 Å². The molecule has 1 saturated heterocycles. The van der Waals surface area contributed by atoms with Gasteiger partial charge < -0.3 is 70.2 Å². The Morgan fingerprint density at radius 3 is 1.16 bits per heavy atom. The third kappa shape index (κ3) is 11.5. The normalized spacial score (nSPS) is 37.0. The fraction of sp³-hybridized carbons (Fsp3) is 0.773. The zero-order valence-electron chi connectivity index (χ0n) is 37.9. The minimum atomic E-state index is -1.57. The van der Waals surface area contributed by atoms with E-state index in [2.05, 4.69) is 47.9 Å². The van der Waals surface area contributed by atoms with Crippen LogP contribution in [0.3, 0.4) is 0 Å². The smallest absolute Gasteiger partial charge is 0.312 e. The third-order valence-corrected chi connectivity index (χ3v) is 15.7. The standard InChI is InChI=1S/C44H68N12O11/c45-38(65)48-7-1-4-27-32(59)51-28(5-2-8-49-39(46)66)34(61)55-44-19-25-11-26(20-44)16-42(15-25,22-44)37(64)54-30(12-31(57)58)33(60)52-29(6-3-9-50-40(47)67)35(62)56-43-17-23-10-24(18-43)14-41(13-23,21-43)36(63)53-27/h23-30H,1-22H2,(H,51,59)(H,52,60)(H,53,63)(H,54,64)(H,55,61)(H,56,62)(H,57,58)(H3,45,48,65)(H3,46,49,66)(H3,47,50,67)/t23-,24?,25-,26?,27-,28-,29-,30-,41?,42?,43?,44?/m0/s1. The number of carboxylic acid groups (broad SMARTS) is 1. The van der Waals surface area contributed by atoms with Crippen LogP contribution in [0.25, 0.3) is 0 Å². The number of rotatable bonds is 14. The van der Waals surface area contributed by atoms with E-state index in [0.717, 1.165) is 12.8 Å². The fourth-order valence-electron chi connectivity index (χ4n) is 14.0. The molecule has 23 heteroatoms. The number of urea groups is 3. The van der Waals surface area contributed by atoms with Gasteiger partial charge in [0, 0.05) is 30.7 Å². The van der Waals surface area contributed by atoms with Gasteiger partial charge in [-0.25, -0.2) is 14.4 Å². The number of carbonyl (C=O) groups excluding carboxylic acids is 9. The van der Waals surface area contributed by atoms with Crippen LogP contribution in [-0.2, 0) is 33.6 Å². The lowest BCUT2D eigenvalue weighted by molar-refractivity contribution is -0.157. The van der Waals surface area contributed by atoms with Gasteiger partial charge in [-0.1, -0.05) is 0 Å². The van der Waals surface area contributed by atoms with Crippen molar-refractivity contribution in [3.63, 3.8) is 0 Å². The molecule has 23 nitrogen and oxygen atoms in total. The molecule has 9 fully saturated rings. The van der Waals surface area contributed by atoms with E-state index in [1.807, 2.05) is 0 Å². The number of amides is 12. The Hall–Kier alpha value is -5.90. The van der Waals surface area contributed by atoms with Gasteiger partial charge in [0.2, 0.25) is 35.4 Å². The Morgan fingerprint density at radius 2 is 0.821 bits per heavy atom. The van der Waals surface area contributed by atoms with Crippen LogP contribution in [0.1, 0.15) is 122 Å². The molecule has 9 rings (SSSR count). The van der Waals surface area contributed by atoms with Crippen LogP contribution < -0.4 is 65.1 Å². The van der Waals surface area contributed by atoms with Gasteiger partial charge in [0.05, 0.1) is 17.3 Å². The summed E-state index contributed by atoms with van der Waals surface area (Å²) >= 11 is 0. The predicted octanol–water partition coefficient (Wildman–Crippen LogP) is -1.33. The number of primary amides is 3. The number of carbonyl (C=O) groups is 10. The molecule has 6 unspecified atom stereocenters. The first-order valence-electron chi connectivity index (χ1n) is 23.9. The predicted molar refractivity (Wildman–Crippen MR) is 236 cm³/mol. The summed E-state index contributed by atoms with van der Waals surface area (Å²) in [7, 11) is 0. The van der Waals surface area contributed by atoms with Crippen LogP contribution in [0.5, 0.6) is 0 Å². The second-order valence-electron chi connectivity index (χ2n) is 21.1. The first-order valence-corrected chi connectivity index (χ1v) is 23.9. The summed E-state index contributed by atoms with van der Waals surface area (Å²) < 4.78 is 0. The van der Waals surface area contributed by atoms with E-state index in [1.54, 1.807) is 0 Å². The molecule has 0 aromatic heterocycles. The molecular weight excluding hydrogens is 873 g/mol. The van der Waals surface area contributed by atoms with Crippen molar-refractivity contribution in [2.45, 2.75) is 157 Å². The van der Waals surface area contributed by atoms with Crippen LogP contribution in [0.15, 0.2) is 0 Å². The lowest BCUT2D eigenvalue weighted by Gasteiger charge is -2.61. The van der Waals surface area contributed by atoms with E-state index in [0.29, 0.717) is 51.4 Å². The Balaban J connectivity index is 1.24. The van der Waals surface area contributed by atoms with Crippen LogP contribution >= 0.6 is 0 Å². The lowest BCUT2D eigenvalue weighted by atomic mass is 9.46. The van der Waals surface area contributed by atoms with Crippen molar-refractivity contribution < 1.29 is 53.1 Å². The summed E-state index contributed by atoms with van der Waals surface area (Å²) in [6.45, 7) is 0.288. The number of hydrogen-bond acceptors (Lipinski definition) is 10. The van der Waals surface area contributed by atoms with Crippen molar-refractivity contribution in [1.29, 1.82) is 0 Å². The molecule has 370 valence electrons. The first kappa shape index (κ1) is 49.0. The molecule has 8 saturated carbocycles. The molecule has 0 aromatic carbocycles. The van der Waals surface area contributed by atoms with Gasteiger partial charge in [-0.05, 0) is 139 Å². The molecule has 1 aliphatic heterocycles. The maximum absolute atomic E-state index is 14.8. The minimum Gasteiger partial charge on any atom is -0.481 e. The zero-order valence-corrected chi connectivity index (χ0v) is 37.9. The number of carboxylic acids is 1. The average molecular weight is 941 g/mol. The molecule has 9 aliphatic rings. The van der Waals surface area contributed by atoms with Gasteiger partial charge in [0.15, 0.2) is 0 Å². The lowest BCUT2D eigenvalue weighted by Crippen LogP contribution is -2.69. The number of hydrogen-bond donors (Lipinski definition) is 13. The Kier molecular flexibility index (Phi) is 14.4. The quantitative estimate of drug-likeness (QED) is 0.0905. The Bertz CT molecular complexity index is 1990. The summed E-state index contributed by atoms with van der Waals surface area (Å²) in [6.07, 6.45) is 6.22. The van der Waals surface area contributed by atoms with E-state index < -0.39 is 106 Å². The summed E-state index contributed by atoms with van der Waals surface area (Å²) in [5, 5.41) is 35.3. The van der Waals surface area contributed by atoms with Crippen LogP contribution in [-0.4, -0.2) is 119 Å². The van der Waals surface area contributed by atoms with E-state index in [4.69, 9.17) is 17.2 Å². The molecule has 16 N–H and O–H groups in total. The largest absolute Gasteiger partial charge is 0.481 e. The van der Waals surface area contributed by atoms with Gasteiger partial charge in [-0.3, -0.25) is 33.6 Å². The highest BCUT2D eigenvalue weighted by atomic mass is 16.4. The molecular formula is C44H68N12O11. The van der Waals surface area contributed by atoms with E-state index >= 15 is 0 Å². The van der Waals surface area contributed by atoms with Gasteiger partial charge in [-0.2, -0.15) is 0 Å². The highest BCUT2D eigenvalue weighted by molar-refractivity contribution is 5.96. The fourth-order valence-corrected chi connectivity index (χ4v) is 14.0. The van der Waals surface area contributed by atoms with Crippen molar-refractivity contribution in [3.05, 3.63) is 0 Å². The molecule has 8 aliphatic carbocycles. The molecule has 67 heavy (non-hydrogen) atoms. The average Bonchev–Trinajstić information content (AvgIpc) is 3.21. The highest BCUT2D eigenvalue weighted by Crippen LogP contribution is 2.63. The molecule has 8 bridgehead atoms. The highest BCUT2D eigenvalue weighted by Gasteiger charge is 2.63. The maximum atomic E-state index is 14.8. The van der Waals surface area contributed by atoms with Crippen molar-refractivity contribution in [2.75, 3.05) is 19.6 Å². The molecule has 0 radical (unpaired) electrons. The summed E-state index contributed by atoms with van der Waals surface area (Å²) in [5.41, 5.74) is 12.1. The van der Waals surface area contributed by atoms with Gasteiger partial charge in [0.25, 0.3) is 0 Å². The second kappa shape index (κ2) is 19.7. The van der Waals surface area contributed by atoms with Crippen LogP contribution in [0, 0.1) is 34.5 Å². The van der Waals surface area contributed by atoms with Crippen molar-refractivity contribution in [2.24, 2.45) is 51.7 Å². The number of nitrogens with two attached hydrogens (primary N) is 3. The first-order chi connectivity index (χ1) is 31.7. The summed E-state index contributed by atoms with van der Waals surface area (Å²) in [6, 6.07) is -7.40. The molecule has 12 atom stereocenters. The second-order valence-corrected chi connectivity index (χ2v) is 21.1. The minimum absolute atomic E-state index is 0.0109. The van der Waals surface area contributed by atoms with Crippen molar-refractivity contribution >= 4 is 59.5 Å². The van der Waals surface area contributed by atoms with E-state index in [-0.39, 0.29) is 101 Å². The molecule has 4 spiro atoms. The van der Waals surface area contributed by atoms with Crippen LogP contribution in [0.4, 0.5) is 14.4 Å². The van der Waals surface area contributed by atoms with E-state index in [1.165, 1.54) is 0 Å². The molecule has 0 aromatic rings. The number of aliphatic carboxylic acids is 1. The van der Waals surface area contributed by atoms with Gasteiger partial charge in [0.1, 0.15) is 24.2 Å². The Labute approximate surface area is 388 Å². The topological polar surface area (TPSA) is 377 Å². The zero-order chi connectivity index (χ0) is 48.3.